The SMILES string of the molecule is CCCCCCP(=O)(O)C(CC)CC(=O)O. The molecule has 0 saturated carbocycles. The fourth-order valence-electron chi connectivity index (χ4n) is 1.72. The molecule has 2 unspecified atom stereocenters. The maximum Gasteiger partial charge on any atom is 0.304 e. The van der Waals surface area contributed by atoms with E-state index in [9.17, 15) is 14.3 Å². The summed E-state index contributed by atoms with van der Waals surface area (Å²) in [5.74, 6) is -0.991. The van der Waals surface area contributed by atoms with Crippen molar-refractivity contribution >= 4 is 13.3 Å². The molecule has 0 aliphatic rings. The third-order valence-electron chi connectivity index (χ3n) is 2.78. The molecule has 0 heterocycles. The van der Waals surface area contributed by atoms with Gasteiger partial charge in [-0.2, -0.15) is 0 Å². The molecule has 4 nitrogen and oxygen atoms in total. The van der Waals surface area contributed by atoms with E-state index in [1.165, 1.54) is 0 Å². The van der Waals surface area contributed by atoms with Gasteiger partial charge in [-0.25, -0.2) is 0 Å². The Balaban J connectivity index is 4.15. The van der Waals surface area contributed by atoms with Crippen molar-refractivity contribution in [2.75, 3.05) is 6.16 Å². The minimum absolute atomic E-state index is 0.196. The van der Waals surface area contributed by atoms with Crippen LogP contribution in [-0.2, 0) is 9.36 Å². The summed E-state index contributed by atoms with van der Waals surface area (Å²) in [5.41, 5.74) is -0.577. The maximum atomic E-state index is 11.9. The van der Waals surface area contributed by atoms with E-state index in [0.717, 1.165) is 25.7 Å². The van der Waals surface area contributed by atoms with Gasteiger partial charge < -0.3 is 10.00 Å². The lowest BCUT2D eigenvalue weighted by Crippen LogP contribution is -2.15. The van der Waals surface area contributed by atoms with Crippen molar-refractivity contribution in [2.45, 2.75) is 58.0 Å². The summed E-state index contributed by atoms with van der Waals surface area (Å²) >= 11 is 0. The Morgan fingerprint density at radius 2 is 1.88 bits per heavy atom. The second-order valence-corrected chi connectivity index (χ2v) is 6.89. The third kappa shape index (κ3) is 6.29. The summed E-state index contributed by atoms with van der Waals surface area (Å²) in [6, 6.07) is 0. The average Bonchev–Trinajstić information content (AvgIpc) is 2.20. The van der Waals surface area contributed by atoms with E-state index in [4.69, 9.17) is 5.11 Å². The fraction of sp³-hybridized carbons (Fsp3) is 0.909. The molecule has 0 aromatic carbocycles. The first-order valence-electron chi connectivity index (χ1n) is 5.97. The Labute approximate surface area is 97.5 Å². The van der Waals surface area contributed by atoms with E-state index in [1.54, 1.807) is 6.92 Å². The lowest BCUT2D eigenvalue weighted by Gasteiger charge is -2.20. The van der Waals surface area contributed by atoms with Gasteiger partial charge in [-0.3, -0.25) is 9.36 Å². The lowest BCUT2D eigenvalue weighted by molar-refractivity contribution is -0.137. The van der Waals surface area contributed by atoms with Gasteiger partial charge in [0.05, 0.1) is 6.42 Å². The van der Waals surface area contributed by atoms with E-state index in [2.05, 4.69) is 6.92 Å². The van der Waals surface area contributed by atoms with Crippen LogP contribution in [0.1, 0.15) is 52.4 Å². The molecule has 0 bridgehead atoms. The van der Waals surface area contributed by atoms with Crippen LogP contribution in [0.5, 0.6) is 0 Å². The first kappa shape index (κ1) is 15.7. The number of carboxylic acid groups (broad SMARTS) is 1. The molecule has 0 aromatic heterocycles. The Morgan fingerprint density at radius 1 is 1.25 bits per heavy atom. The van der Waals surface area contributed by atoms with Gasteiger partial charge in [-0.15, -0.1) is 0 Å². The zero-order chi connectivity index (χ0) is 12.6. The molecule has 2 atom stereocenters. The van der Waals surface area contributed by atoms with Crippen LogP contribution in [0.4, 0.5) is 0 Å². The number of hydrogen-bond acceptors (Lipinski definition) is 2. The van der Waals surface area contributed by atoms with Gasteiger partial charge in [0.15, 0.2) is 0 Å². The highest BCUT2D eigenvalue weighted by molar-refractivity contribution is 7.58. The molecule has 0 spiro atoms. The standard InChI is InChI=1S/C11H23O4P/c1-3-5-6-7-8-16(14,15)10(4-2)9-11(12)13/h10H,3-9H2,1-2H3,(H,12,13)(H,14,15). The van der Waals surface area contributed by atoms with Crippen LogP contribution in [0.2, 0.25) is 0 Å². The second-order valence-electron chi connectivity index (χ2n) is 4.20. The molecule has 0 aliphatic carbocycles. The number of carbonyl (C=O) groups is 1. The Kier molecular flexibility index (Phi) is 7.69. The number of aliphatic carboxylic acids is 1. The summed E-state index contributed by atoms with van der Waals surface area (Å²) in [5, 5.41) is 8.66. The molecule has 0 rings (SSSR count). The van der Waals surface area contributed by atoms with Crippen LogP contribution >= 0.6 is 7.37 Å². The zero-order valence-corrected chi connectivity index (χ0v) is 11.1. The zero-order valence-electron chi connectivity index (χ0n) is 10.2. The molecule has 96 valence electrons. The van der Waals surface area contributed by atoms with Crippen molar-refractivity contribution < 1.29 is 19.4 Å². The molecule has 2 N–H and O–H groups in total. The van der Waals surface area contributed by atoms with Gasteiger partial charge >= 0.3 is 5.97 Å². The van der Waals surface area contributed by atoms with Crippen LogP contribution in [0.3, 0.4) is 0 Å². The third-order valence-corrected chi connectivity index (χ3v) is 5.43. The summed E-state index contributed by atoms with van der Waals surface area (Å²) in [7, 11) is -3.28. The van der Waals surface area contributed by atoms with E-state index in [0.29, 0.717) is 6.42 Å². The van der Waals surface area contributed by atoms with E-state index >= 15 is 0 Å². The first-order valence-corrected chi connectivity index (χ1v) is 7.88. The lowest BCUT2D eigenvalue weighted by atomic mass is 10.2. The van der Waals surface area contributed by atoms with E-state index in [-0.39, 0.29) is 12.6 Å². The first-order chi connectivity index (χ1) is 7.44. The number of unbranched alkanes of at least 4 members (excludes halogenated alkanes) is 3. The highest BCUT2D eigenvalue weighted by Gasteiger charge is 2.30. The van der Waals surface area contributed by atoms with Gasteiger partial charge in [0.2, 0.25) is 7.37 Å². The molecule has 0 saturated heterocycles. The average molecular weight is 250 g/mol. The van der Waals surface area contributed by atoms with E-state index < -0.39 is 19.0 Å². The van der Waals surface area contributed by atoms with Crippen molar-refractivity contribution in [3.8, 4) is 0 Å². The minimum atomic E-state index is -3.28. The number of hydrogen-bond donors (Lipinski definition) is 2. The molecule has 0 amide bonds. The maximum absolute atomic E-state index is 11.9. The van der Waals surface area contributed by atoms with Crippen molar-refractivity contribution in [1.82, 2.24) is 0 Å². The predicted octanol–water partition coefficient (Wildman–Crippen LogP) is 3.09. The van der Waals surface area contributed by atoms with Gasteiger partial charge in [-0.1, -0.05) is 33.1 Å². The van der Waals surface area contributed by atoms with Gasteiger partial charge in [-0.05, 0) is 12.8 Å². The monoisotopic (exact) mass is 250 g/mol. The molecular formula is C11H23O4P. The van der Waals surface area contributed by atoms with Crippen LogP contribution in [-0.4, -0.2) is 27.8 Å². The largest absolute Gasteiger partial charge is 0.481 e. The molecule has 0 radical (unpaired) electrons. The fourth-order valence-corrected chi connectivity index (χ4v) is 3.78. The second kappa shape index (κ2) is 7.86. The molecule has 0 fully saturated rings. The van der Waals surface area contributed by atoms with Crippen LogP contribution in [0.15, 0.2) is 0 Å². The summed E-state index contributed by atoms with van der Waals surface area (Å²) in [4.78, 5) is 20.4. The van der Waals surface area contributed by atoms with Gasteiger partial charge in [0.1, 0.15) is 0 Å². The summed E-state index contributed by atoms with van der Waals surface area (Å²) < 4.78 is 11.9. The summed E-state index contributed by atoms with van der Waals surface area (Å²) in [6.45, 7) is 3.85. The van der Waals surface area contributed by atoms with E-state index in [1.807, 2.05) is 0 Å². The molecule has 5 heteroatoms. The van der Waals surface area contributed by atoms with Gasteiger partial charge in [0.25, 0.3) is 0 Å². The Hall–Kier alpha value is -0.340. The molecule has 0 aromatic rings. The highest BCUT2D eigenvalue weighted by atomic mass is 31.2. The molecule has 16 heavy (non-hydrogen) atoms. The predicted molar refractivity (Wildman–Crippen MR) is 65.2 cm³/mol. The minimum Gasteiger partial charge on any atom is -0.481 e. The molecule has 0 aliphatic heterocycles. The van der Waals surface area contributed by atoms with Crippen molar-refractivity contribution in [2.24, 2.45) is 0 Å². The smallest absolute Gasteiger partial charge is 0.304 e. The quantitative estimate of drug-likeness (QED) is 0.487. The number of carboxylic acids is 1. The van der Waals surface area contributed by atoms with Crippen LogP contribution < -0.4 is 0 Å². The topological polar surface area (TPSA) is 74.6 Å². The Bertz CT molecular complexity index is 252. The van der Waals surface area contributed by atoms with Crippen LogP contribution in [0, 0.1) is 0 Å². The van der Waals surface area contributed by atoms with Crippen LogP contribution in [0.25, 0.3) is 0 Å². The summed E-state index contributed by atoms with van der Waals surface area (Å²) in [6.07, 6.45) is 4.34. The van der Waals surface area contributed by atoms with Gasteiger partial charge in [0, 0.05) is 11.8 Å². The normalized spacial score (nSPS) is 16.7. The Morgan fingerprint density at radius 3 is 2.31 bits per heavy atom. The molecular weight excluding hydrogens is 227 g/mol. The number of rotatable bonds is 9. The highest BCUT2D eigenvalue weighted by Crippen LogP contribution is 2.49. The van der Waals surface area contributed by atoms with Crippen molar-refractivity contribution in [3.05, 3.63) is 0 Å². The van der Waals surface area contributed by atoms with Crippen molar-refractivity contribution in [1.29, 1.82) is 0 Å². The van der Waals surface area contributed by atoms with Crippen molar-refractivity contribution in [3.63, 3.8) is 0 Å².